The lowest BCUT2D eigenvalue weighted by atomic mass is 10.2. The number of nitrogens with zero attached hydrogens (tertiary/aromatic N) is 3. The molecular formula is C20H22N4O4S. The van der Waals surface area contributed by atoms with Gasteiger partial charge in [0.1, 0.15) is 0 Å². The molecule has 29 heavy (non-hydrogen) atoms. The Bertz CT molecular complexity index is 1060. The minimum absolute atomic E-state index is 0.0132. The number of amides is 1. The highest BCUT2D eigenvalue weighted by Gasteiger charge is 2.22. The monoisotopic (exact) mass is 414 g/mol. The maximum Gasteiger partial charge on any atom is 0.322 e. The van der Waals surface area contributed by atoms with Crippen LogP contribution in [0, 0.1) is 0 Å². The fourth-order valence-corrected chi connectivity index (χ4v) is 4.26. The molecule has 0 atom stereocenters. The molecule has 0 aliphatic carbocycles. The average Bonchev–Trinajstić information content (AvgIpc) is 3.16. The summed E-state index contributed by atoms with van der Waals surface area (Å²) in [6, 6.07) is 15.3. The highest BCUT2D eigenvalue weighted by atomic mass is 32.2. The number of nitrogens with one attached hydrogen (secondary N) is 1. The highest BCUT2D eigenvalue weighted by molar-refractivity contribution is 7.89. The number of benzene rings is 2. The molecule has 0 saturated heterocycles. The van der Waals surface area contributed by atoms with Crippen molar-refractivity contribution in [3.8, 4) is 0 Å². The standard InChI is InChI=1S/C20H22N4O4S/c1-3-24(4-2)29(26,27)17-12-10-16(11-13-17)19(25)21-20-23-22-18(28-20)14-15-8-6-5-7-9-15/h5-13H,3-4,14H2,1-2H3,(H,21,23,25). The zero-order valence-electron chi connectivity index (χ0n) is 16.2. The molecule has 1 aromatic heterocycles. The van der Waals surface area contributed by atoms with Crippen molar-refractivity contribution >= 4 is 21.9 Å². The van der Waals surface area contributed by atoms with E-state index in [4.69, 9.17) is 4.42 Å². The van der Waals surface area contributed by atoms with Crippen LogP contribution in [0.1, 0.15) is 35.7 Å². The summed E-state index contributed by atoms with van der Waals surface area (Å²) in [6.07, 6.45) is 0.460. The summed E-state index contributed by atoms with van der Waals surface area (Å²) in [4.78, 5) is 12.5. The Morgan fingerprint density at radius 2 is 1.66 bits per heavy atom. The molecule has 0 aliphatic heterocycles. The maximum atomic E-state index is 12.5. The molecule has 9 heteroatoms. The lowest BCUT2D eigenvalue weighted by Gasteiger charge is -2.18. The molecular weight excluding hydrogens is 392 g/mol. The number of hydrogen-bond donors (Lipinski definition) is 1. The number of anilines is 1. The SMILES string of the molecule is CCN(CC)S(=O)(=O)c1ccc(C(=O)Nc2nnc(Cc3ccccc3)o2)cc1. The van der Waals surface area contributed by atoms with E-state index in [1.807, 2.05) is 30.3 Å². The predicted octanol–water partition coefficient (Wildman–Crippen LogP) is 2.94. The Morgan fingerprint density at radius 1 is 1.00 bits per heavy atom. The zero-order chi connectivity index (χ0) is 20.9. The van der Waals surface area contributed by atoms with E-state index in [9.17, 15) is 13.2 Å². The highest BCUT2D eigenvalue weighted by Crippen LogP contribution is 2.17. The number of rotatable bonds is 8. The van der Waals surface area contributed by atoms with E-state index in [-0.39, 0.29) is 16.5 Å². The molecule has 8 nitrogen and oxygen atoms in total. The normalized spacial score (nSPS) is 11.6. The van der Waals surface area contributed by atoms with Crippen molar-refractivity contribution in [2.45, 2.75) is 25.2 Å². The van der Waals surface area contributed by atoms with Crippen LogP contribution >= 0.6 is 0 Å². The summed E-state index contributed by atoms with van der Waals surface area (Å²) in [5.41, 5.74) is 1.30. The van der Waals surface area contributed by atoms with Crippen LogP contribution in [0.5, 0.6) is 0 Å². The topological polar surface area (TPSA) is 105 Å². The van der Waals surface area contributed by atoms with E-state index in [0.717, 1.165) is 5.56 Å². The van der Waals surface area contributed by atoms with Gasteiger partial charge >= 0.3 is 6.01 Å². The van der Waals surface area contributed by atoms with Crippen LogP contribution in [0.15, 0.2) is 63.9 Å². The van der Waals surface area contributed by atoms with Crippen molar-refractivity contribution in [3.63, 3.8) is 0 Å². The summed E-state index contributed by atoms with van der Waals surface area (Å²) in [6.45, 7) is 4.31. The molecule has 0 bridgehead atoms. The molecule has 152 valence electrons. The molecule has 0 unspecified atom stereocenters. The number of sulfonamides is 1. The van der Waals surface area contributed by atoms with E-state index >= 15 is 0 Å². The van der Waals surface area contributed by atoms with Crippen molar-refractivity contribution in [2.75, 3.05) is 18.4 Å². The Balaban J connectivity index is 1.67. The molecule has 2 aromatic carbocycles. The fraction of sp³-hybridized carbons (Fsp3) is 0.250. The van der Waals surface area contributed by atoms with Gasteiger partial charge in [0.05, 0.1) is 11.3 Å². The van der Waals surface area contributed by atoms with Gasteiger partial charge in [0, 0.05) is 18.7 Å². The van der Waals surface area contributed by atoms with Crippen LogP contribution in [0.25, 0.3) is 0 Å². The second-order valence-electron chi connectivity index (χ2n) is 6.23. The predicted molar refractivity (Wildman–Crippen MR) is 108 cm³/mol. The van der Waals surface area contributed by atoms with Crippen LogP contribution in [0.2, 0.25) is 0 Å². The van der Waals surface area contributed by atoms with Crippen LogP contribution in [0.3, 0.4) is 0 Å². The molecule has 3 aromatic rings. The first-order valence-corrected chi connectivity index (χ1v) is 10.7. The Kier molecular flexibility index (Phi) is 6.40. The van der Waals surface area contributed by atoms with Crippen LogP contribution in [0.4, 0.5) is 6.01 Å². The summed E-state index contributed by atoms with van der Waals surface area (Å²) >= 11 is 0. The minimum atomic E-state index is -3.57. The van der Waals surface area contributed by atoms with Crippen LogP contribution < -0.4 is 5.32 Å². The lowest BCUT2D eigenvalue weighted by Crippen LogP contribution is -2.30. The Hall–Kier alpha value is -3.04. The molecule has 0 aliphatic rings. The molecule has 0 saturated carbocycles. The molecule has 0 fully saturated rings. The first kappa shape index (κ1) is 20.7. The van der Waals surface area contributed by atoms with E-state index in [1.54, 1.807) is 13.8 Å². The van der Waals surface area contributed by atoms with E-state index in [1.165, 1.54) is 28.6 Å². The van der Waals surface area contributed by atoms with E-state index in [2.05, 4.69) is 15.5 Å². The average molecular weight is 414 g/mol. The molecule has 0 spiro atoms. The largest absolute Gasteiger partial charge is 0.407 e. The van der Waals surface area contributed by atoms with Crippen molar-refractivity contribution in [1.29, 1.82) is 0 Å². The lowest BCUT2D eigenvalue weighted by molar-refractivity contribution is 0.102. The smallest absolute Gasteiger partial charge is 0.322 e. The second-order valence-corrected chi connectivity index (χ2v) is 8.17. The van der Waals surface area contributed by atoms with Crippen LogP contribution in [-0.2, 0) is 16.4 Å². The second kappa shape index (κ2) is 8.97. The molecule has 0 radical (unpaired) electrons. The van der Waals surface area contributed by atoms with Crippen molar-refractivity contribution < 1.29 is 17.6 Å². The first-order chi connectivity index (χ1) is 13.9. The van der Waals surface area contributed by atoms with Crippen molar-refractivity contribution in [1.82, 2.24) is 14.5 Å². The van der Waals surface area contributed by atoms with Gasteiger partial charge in [-0.25, -0.2) is 8.42 Å². The van der Waals surface area contributed by atoms with Crippen LogP contribution in [-0.4, -0.2) is 41.9 Å². The van der Waals surface area contributed by atoms with Gasteiger partial charge in [-0.3, -0.25) is 10.1 Å². The summed E-state index contributed by atoms with van der Waals surface area (Å²) in [5, 5.41) is 10.3. The van der Waals surface area contributed by atoms with Gasteiger partial charge in [-0.1, -0.05) is 49.3 Å². The van der Waals surface area contributed by atoms with Gasteiger partial charge in [0.25, 0.3) is 5.91 Å². The zero-order valence-corrected chi connectivity index (χ0v) is 17.0. The Labute approximate surface area is 169 Å². The number of carbonyl (C=O) groups excluding carboxylic acids is 1. The van der Waals surface area contributed by atoms with Gasteiger partial charge < -0.3 is 4.42 Å². The summed E-state index contributed by atoms with van der Waals surface area (Å²) < 4.78 is 31.8. The maximum absolute atomic E-state index is 12.5. The third-order valence-electron chi connectivity index (χ3n) is 4.35. The summed E-state index contributed by atoms with van der Waals surface area (Å²) in [5.74, 6) is -0.0844. The molecule has 1 heterocycles. The Morgan fingerprint density at radius 3 is 2.28 bits per heavy atom. The number of aromatic nitrogens is 2. The van der Waals surface area contributed by atoms with Gasteiger partial charge in [0.2, 0.25) is 15.9 Å². The minimum Gasteiger partial charge on any atom is -0.407 e. The quantitative estimate of drug-likeness (QED) is 0.608. The van der Waals surface area contributed by atoms with Gasteiger partial charge in [-0.2, -0.15) is 4.31 Å². The van der Waals surface area contributed by atoms with Gasteiger partial charge in [0.15, 0.2) is 0 Å². The van der Waals surface area contributed by atoms with Gasteiger partial charge in [-0.05, 0) is 29.8 Å². The number of hydrogen-bond acceptors (Lipinski definition) is 6. The first-order valence-electron chi connectivity index (χ1n) is 9.22. The van der Waals surface area contributed by atoms with E-state index in [0.29, 0.717) is 25.4 Å². The van der Waals surface area contributed by atoms with Gasteiger partial charge in [-0.15, -0.1) is 5.10 Å². The fourth-order valence-electron chi connectivity index (χ4n) is 2.81. The van der Waals surface area contributed by atoms with Crippen molar-refractivity contribution in [2.24, 2.45) is 0 Å². The third kappa shape index (κ3) is 4.87. The van der Waals surface area contributed by atoms with E-state index < -0.39 is 15.9 Å². The van der Waals surface area contributed by atoms with Crippen molar-refractivity contribution in [3.05, 3.63) is 71.6 Å². The summed E-state index contributed by atoms with van der Waals surface area (Å²) in [7, 11) is -3.57. The molecule has 3 rings (SSSR count). The molecule has 1 amide bonds. The third-order valence-corrected chi connectivity index (χ3v) is 6.41. The molecule has 1 N–H and O–H groups in total. The number of carbonyl (C=O) groups is 1.